The van der Waals surface area contributed by atoms with Crippen molar-refractivity contribution in [3.05, 3.63) is 29.6 Å². The van der Waals surface area contributed by atoms with Crippen LogP contribution in [0.5, 0.6) is 0 Å². The highest BCUT2D eigenvalue weighted by molar-refractivity contribution is 5.36. The fraction of sp³-hybridized carbons (Fsp3) is 0.538. The van der Waals surface area contributed by atoms with Gasteiger partial charge in [-0.25, -0.2) is 0 Å². The number of carbonyl (C=O) groups excluding carboxylic acids is 1. The average molecular weight is 225 g/mol. The van der Waals surface area contributed by atoms with Crippen molar-refractivity contribution in [3.63, 3.8) is 0 Å². The van der Waals surface area contributed by atoms with Gasteiger partial charge in [0.2, 0.25) is 0 Å². The van der Waals surface area contributed by atoms with Gasteiger partial charge in [0.05, 0.1) is 7.11 Å². The molecule has 0 atom stereocenters. The maximum atomic E-state index is 8.95. The molecule has 0 aromatic carbocycles. The Labute approximate surface area is 98.9 Å². The van der Waals surface area contributed by atoms with Gasteiger partial charge in [0.15, 0.2) is 0 Å². The Hall–Kier alpha value is -1.38. The SMILES string of the molecule is CC.COC=O.Cc1cc(C(C)C)ccn1. The number of rotatable bonds is 2. The van der Waals surface area contributed by atoms with Crippen LogP contribution in [0.3, 0.4) is 0 Å². The van der Waals surface area contributed by atoms with Crippen LogP contribution < -0.4 is 0 Å². The summed E-state index contributed by atoms with van der Waals surface area (Å²) in [5.74, 6) is 0.613. The number of hydrogen-bond donors (Lipinski definition) is 0. The predicted molar refractivity (Wildman–Crippen MR) is 67.5 cm³/mol. The van der Waals surface area contributed by atoms with Crippen LogP contribution in [0.1, 0.15) is 44.9 Å². The fourth-order valence-corrected chi connectivity index (χ4v) is 0.927. The lowest BCUT2D eigenvalue weighted by atomic mass is 10.0. The zero-order chi connectivity index (χ0) is 13.0. The third-order valence-electron chi connectivity index (χ3n) is 1.68. The maximum absolute atomic E-state index is 8.95. The highest BCUT2D eigenvalue weighted by Gasteiger charge is 1.96. The van der Waals surface area contributed by atoms with Crippen molar-refractivity contribution in [2.24, 2.45) is 0 Å². The normalized spacial score (nSPS) is 8.19. The highest BCUT2D eigenvalue weighted by Crippen LogP contribution is 2.12. The van der Waals surface area contributed by atoms with E-state index in [2.05, 4.69) is 35.7 Å². The smallest absolute Gasteiger partial charge is 0.292 e. The van der Waals surface area contributed by atoms with E-state index in [0.717, 1.165) is 5.69 Å². The molecule has 16 heavy (non-hydrogen) atoms. The largest absolute Gasteiger partial charge is 0.471 e. The van der Waals surface area contributed by atoms with Gasteiger partial charge < -0.3 is 4.74 Å². The summed E-state index contributed by atoms with van der Waals surface area (Å²) < 4.78 is 3.86. The van der Waals surface area contributed by atoms with Crippen molar-refractivity contribution in [1.29, 1.82) is 0 Å². The van der Waals surface area contributed by atoms with Crippen molar-refractivity contribution in [2.45, 2.75) is 40.5 Å². The van der Waals surface area contributed by atoms with Gasteiger partial charge in [0, 0.05) is 11.9 Å². The summed E-state index contributed by atoms with van der Waals surface area (Å²) in [5, 5.41) is 0. The van der Waals surface area contributed by atoms with Crippen LogP contribution in [-0.4, -0.2) is 18.6 Å². The van der Waals surface area contributed by atoms with E-state index in [1.165, 1.54) is 12.7 Å². The average Bonchev–Trinajstić information content (AvgIpc) is 2.32. The Balaban J connectivity index is 0. The lowest BCUT2D eigenvalue weighted by Gasteiger charge is -2.03. The third-order valence-corrected chi connectivity index (χ3v) is 1.68. The number of nitrogens with zero attached hydrogens (tertiary/aromatic N) is 1. The van der Waals surface area contributed by atoms with Gasteiger partial charge in [0.1, 0.15) is 0 Å². The molecule has 1 heterocycles. The summed E-state index contributed by atoms with van der Waals surface area (Å²) in [4.78, 5) is 13.1. The Morgan fingerprint density at radius 3 is 2.12 bits per heavy atom. The van der Waals surface area contributed by atoms with Crippen molar-refractivity contribution in [2.75, 3.05) is 7.11 Å². The van der Waals surface area contributed by atoms with E-state index in [1.54, 1.807) is 0 Å². The number of hydrogen-bond acceptors (Lipinski definition) is 3. The van der Waals surface area contributed by atoms with E-state index in [1.807, 2.05) is 27.0 Å². The Kier molecular flexibility index (Phi) is 12.4. The van der Waals surface area contributed by atoms with Gasteiger partial charge in [-0.15, -0.1) is 0 Å². The van der Waals surface area contributed by atoms with Crippen LogP contribution in [0.25, 0.3) is 0 Å². The molecule has 0 aliphatic heterocycles. The number of ether oxygens (including phenoxy) is 1. The van der Waals surface area contributed by atoms with E-state index in [4.69, 9.17) is 4.79 Å². The van der Waals surface area contributed by atoms with Crippen LogP contribution in [0.4, 0.5) is 0 Å². The van der Waals surface area contributed by atoms with Crippen LogP contribution in [0, 0.1) is 6.92 Å². The van der Waals surface area contributed by atoms with Crippen LogP contribution in [0.2, 0.25) is 0 Å². The molecule has 92 valence electrons. The second-order valence-electron chi connectivity index (χ2n) is 3.22. The van der Waals surface area contributed by atoms with Gasteiger partial charge in [-0.1, -0.05) is 27.7 Å². The molecule has 0 unspecified atom stereocenters. The molecule has 1 aromatic heterocycles. The minimum Gasteiger partial charge on any atom is -0.471 e. The minimum absolute atomic E-state index is 0.375. The standard InChI is InChI=1S/C9H13N.C2H4O2.C2H6/c1-7(2)9-4-5-10-8(3)6-9;1-4-2-3;1-2/h4-7H,1-3H3;2H,1H3;1-2H3. The number of aryl methyl sites for hydroxylation is 1. The first-order chi connectivity index (χ1) is 7.61. The molecule has 0 aliphatic carbocycles. The molecule has 0 saturated carbocycles. The Bertz CT molecular complexity index is 272. The molecule has 0 radical (unpaired) electrons. The topological polar surface area (TPSA) is 39.2 Å². The minimum atomic E-state index is 0.375. The summed E-state index contributed by atoms with van der Waals surface area (Å²) in [7, 11) is 1.31. The maximum Gasteiger partial charge on any atom is 0.292 e. The monoisotopic (exact) mass is 225 g/mol. The Morgan fingerprint density at radius 1 is 1.38 bits per heavy atom. The van der Waals surface area contributed by atoms with Crippen molar-refractivity contribution in [3.8, 4) is 0 Å². The van der Waals surface area contributed by atoms with Crippen LogP contribution >= 0.6 is 0 Å². The van der Waals surface area contributed by atoms with E-state index in [9.17, 15) is 0 Å². The molecule has 1 aromatic rings. The second-order valence-corrected chi connectivity index (χ2v) is 3.22. The molecule has 0 fully saturated rings. The van der Waals surface area contributed by atoms with Gasteiger partial charge >= 0.3 is 0 Å². The number of pyridine rings is 1. The molecule has 0 bridgehead atoms. The number of aromatic nitrogens is 1. The fourth-order valence-electron chi connectivity index (χ4n) is 0.927. The molecule has 0 N–H and O–H groups in total. The molecular formula is C13H23NO2. The van der Waals surface area contributed by atoms with E-state index in [-0.39, 0.29) is 0 Å². The van der Waals surface area contributed by atoms with Crippen LogP contribution in [0.15, 0.2) is 18.3 Å². The van der Waals surface area contributed by atoms with Crippen molar-refractivity contribution in [1.82, 2.24) is 4.98 Å². The van der Waals surface area contributed by atoms with Crippen LogP contribution in [-0.2, 0) is 9.53 Å². The van der Waals surface area contributed by atoms with Gasteiger partial charge in [0.25, 0.3) is 6.47 Å². The number of carbonyl (C=O) groups is 1. The summed E-state index contributed by atoms with van der Waals surface area (Å²) in [5.41, 5.74) is 2.47. The van der Waals surface area contributed by atoms with Gasteiger partial charge in [-0.3, -0.25) is 9.78 Å². The molecular weight excluding hydrogens is 202 g/mol. The zero-order valence-electron chi connectivity index (χ0n) is 11.2. The first kappa shape index (κ1) is 17.0. The third kappa shape index (κ3) is 9.19. The molecule has 0 aliphatic rings. The lowest BCUT2D eigenvalue weighted by Crippen LogP contribution is -1.88. The first-order valence-electron chi connectivity index (χ1n) is 5.50. The summed E-state index contributed by atoms with van der Waals surface area (Å²) in [6.45, 7) is 10.8. The quantitative estimate of drug-likeness (QED) is 0.725. The van der Waals surface area contributed by atoms with Crippen molar-refractivity contribution < 1.29 is 9.53 Å². The summed E-state index contributed by atoms with van der Waals surface area (Å²) in [6.07, 6.45) is 1.87. The zero-order valence-corrected chi connectivity index (χ0v) is 11.2. The molecule has 0 amide bonds. The molecule has 0 spiro atoms. The van der Waals surface area contributed by atoms with E-state index < -0.39 is 0 Å². The first-order valence-corrected chi connectivity index (χ1v) is 5.50. The summed E-state index contributed by atoms with van der Waals surface area (Å²) >= 11 is 0. The second kappa shape index (κ2) is 11.7. The highest BCUT2D eigenvalue weighted by atomic mass is 16.5. The van der Waals surface area contributed by atoms with Gasteiger partial charge in [-0.05, 0) is 30.5 Å². The molecule has 3 nitrogen and oxygen atoms in total. The lowest BCUT2D eigenvalue weighted by molar-refractivity contribution is -0.126. The Morgan fingerprint density at radius 2 is 1.88 bits per heavy atom. The molecule has 1 rings (SSSR count). The summed E-state index contributed by atoms with van der Waals surface area (Å²) in [6, 6.07) is 4.20. The predicted octanol–water partition coefficient (Wildman–Crippen LogP) is 3.33. The molecule has 3 heteroatoms. The van der Waals surface area contributed by atoms with E-state index in [0.29, 0.717) is 12.4 Å². The molecule has 0 saturated heterocycles. The van der Waals surface area contributed by atoms with Crippen molar-refractivity contribution >= 4 is 6.47 Å². The van der Waals surface area contributed by atoms with Gasteiger partial charge in [-0.2, -0.15) is 0 Å². The van der Waals surface area contributed by atoms with E-state index >= 15 is 0 Å². The number of methoxy groups -OCH3 is 1.